The Morgan fingerprint density at radius 3 is 3.16 bits per heavy atom. The second-order valence-electron chi connectivity index (χ2n) is 4.73. The van der Waals surface area contributed by atoms with Gasteiger partial charge in [-0.05, 0) is 30.7 Å². The van der Waals surface area contributed by atoms with Crippen LogP contribution in [0.5, 0.6) is 0 Å². The Morgan fingerprint density at radius 1 is 1.53 bits per heavy atom. The Morgan fingerprint density at radius 2 is 2.42 bits per heavy atom. The van der Waals surface area contributed by atoms with Crippen molar-refractivity contribution in [1.29, 1.82) is 0 Å². The van der Waals surface area contributed by atoms with Gasteiger partial charge in [-0.1, -0.05) is 0 Å². The molecule has 100 valence electrons. The number of ether oxygens (including phenoxy) is 1. The standard InChI is InChI=1S/C14H16N2O2S/c1-18-14(17)10-4-5-12-7-15-13(16(12)8-10)11-3-2-6-19-9-11/h4-5,7-8,11H,2-3,6,9H2,1H3. The molecule has 4 nitrogen and oxygen atoms in total. The van der Waals surface area contributed by atoms with Crippen molar-refractivity contribution in [3.63, 3.8) is 0 Å². The molecule has 3 rings (SSSR count). The van der Waals surface area contributed by atoms with Gasteiger partial charge in [0.05, 0.1) is 24.4 Å². The summed E-state index contributed by atoms with van der Waals surface area (Å²) in [5.41, 5.74) is 1.59. The maximum absolute atomic E-state index is 11.6. The fraction of sp³-hybridized carbons (Fsp3) is 0.429. The van der Waals surface area contributed by atoms with Crippen molar-refractivity contribution in [3.05, 3.63) is 35.9 Å². The zero-order chi connectivity index (χ0) is 13.2. The summed E-state index contributed by atoms with van der Waals surface area (Å²) in [4.78, 5) is 16.1. The normalized spacial score (nSPS) is 19.5. The number of pyridine rings is 1. The number of hydrogen-bond acceptors (Lipinski definition) is 4. The number of hydrogen-bond donors (Lipinski definition) is 0. The van der Waals surface area contributed by atoms with Crippen molar-refractivity contribution in [2.24, 2.45) is 0 Å². The lowest BCUT2D eigenvalue weighted by Crippen LogP contribution is -2.12. The number of carbonyl (C=O) groups excluding carboxylic acids is 1. The first-order valence-electron chi connectivity index (χ1n) is 6.42. The molecule has 1 unspecified atom stereocenters. The predicted octanol–water partition coefficient (Wildman–Crippen LogP) is 2.73. The summed E-state index contributed by atoms with van der Waals surface area (Å²) in [6, 6.07) is 3.70. The lowest BCUT2D eigenvalue weighted by Gasteiger charge is -2.20. The van der Waals surface area contributed by atoms with Crippen LogP contribution in [-0.2, 0) is 4.74 Å². The van der Waals surface area contributed by atoms with Crippen LogP contribution in [0.2, 0.25) is 0 Å². The molecule has 0 N–H and O–H groups in total. The van der Waals surface area contributed by atoms with Crippen LogP contribution in [-0.4, -0.2) is 34.0 Å². The van der Waals surface area contributed by atoms with Gasteiger partial charge < -0.3 is 9.14 Å². The molecular weight excluding hydrogens is 260 g/mol. The third-order valence-electron chi connectivity index (χ3n) is 3.50. The van der Waals surface area contributed by atoms with Crippen LogP contribution in [0.3, 0.4) is 0 Å². The highest BCUT2D eigenvalue weighted by atomic mass is 32.2. The summed E-state index contributed by atoms with van der Waals surface area (Å²) in [5.74, 6) is 3.59. The molecule has 0 aromatic carbocycles. The Bertz CT molecular complexity index is 603. The molecule has 19 heavy (non-hydrogen) atoms. The predicted molar refractivity (Wildman–Crippen MR) is 75.8 cm³/mol. The molecule has 0 bridgehead atoms. The van der Waals surface area contributed by atoms with Crippen LogP contribution in [0.15, 0.2) is 24.5 Å². The first kappa shape index (κ1) is 12.5. The molecule has 1 fully saturated rings. The summed E-state index contributed by atoms with van der Waals surface area (Å²) >= 11 is 1.98. The highest BCUT2D eigenvalue weighted by Crippen LogP contribution is 2.30. The molecule has 0 radical (unpaired) electrons. The number of nitrogens with zero attached hydrogens (tertiary/aromatic N) is 2. The van der Waals surface area contributed by atoms with E-state index >= 15 is 0 Å². The first-order chi connectivity index (χ1) is 9.29. The fourth-order valence-electron chi connectivity index (χ4n) is 2.50. The molecule has 1 saturated heterocycles. The molecule has 5 heteroatoms. The molecule has 1 atom stereocenters. The Hall–Kier alpha value is -1.49. The van der Waals surface area contributed by atoms with Crippen LogP contribution >= 0.6 is 11.8 Å². The zero-order valence-corrected chi connectivity index (χ0v) is 11.7. The number of aromatic nitrogens is 2. The third kappa shape index (κ3) is 2.34. The van der Waals surface area contributed by atoms with E-state index in [2.05, 4.69) is 4.98 Å². The van der Waals surface area contributed by atoms with Gasteiger partial charge in [0.2, 0.25) is 0 Å². The number of methoxy groups -OCH3 is 1. The van der Waals surface area contributed by atoms with Gasteiger partial charge >= 0.3 is 5.97 Å². The second kappa shape index (κ2) is 5.25. The number of fused-ring (bicyclic) bond motifs is 1. The number of thioether (sulfide) groups is 1. The smallest absolute Gasteiger partial charge is 0.339 e. The highest BCUT2D eigenvalue weighted by molar-refractivity contribution is 7.99. The van der Waals surface area contributed by atoms with Crippen molar-refractivity contribution >= 4 is 23.2 Å². The van der Waals surface area contributed by atoms with Crippen molar-refractivity contribution in [3.8, 4) is 0 Å². The third-order valence-corrected chi connectivity index (χ3v) is 4.72. The topological polar surface area (TPSA) is 43.6 Å². The number of rotatable bonds is 2. The van der Waals surface area contributed by atoms with E-state index in [0.717, 1.165) is 17.1 Å². The SMILES string of the molecule is COC(=O)c1ccc2cnc(C3CCCSC3)n2c1. The maximum Gasteiger partial charge on any atom is 0.339 e. The summed E-state index contributed by atoms with van der Waals surface area (Å²) < 4.78 is 6.80. The summed E-state index contributed by atoms with van der Waals surface area (Å²) in [7, 11) is 1.40. The highest BCUT2D eigenvalue weighted by Gasteiger charge is 2.20. The second-order valence-corrected chi connectivity index (χ2v) is 5.88. The molecule has 0 amide bonds. The average Bonchev–Trinajstić information content (AvgIpc) is 2.90. The van der Waals surface area contributed by atoms with Gasteiger partial charge in [0, 0.05) is 17.9 Å². The quantitative estimate of drug-likeness (QED) is 0.791. The molecular formula is C14H16N2O2S. The van der Waals surface area contributed by atoms with Gasteiger partial charge in [-0.25, -0.2) is 9.78 Å². The largest absolute Gasteiger partial charge is 0.465 e. The lowest BCUT2D eigenvalue weighted by atomic mass is 10.0. The minimum absolute atomic E-state index is 0.306. The summed E-state index contributed by atoms with van der Waals surface area (Å²) in [6.07, 6.45) is 6.12. The van der Waals surface area contributed by atoms with Crippen LogP contribution in [0.25, 0.3) is 5.52 Å². The van der Waals surface area contributed by atoms with Gasteiger partial charge in [0.25, 0.3) is 0 Å². The van der Waals surface area contributed by atoms with E-state index in [9.17, 15) is 4.79 Å². The first-order valence-corrected chi connectivity index (χ1v) is 7.58. The van der Waals surface area contributed by atoms with Gasteiger partial charge in [-0.15, -0.1) is 0 Å². The lowest BCUT2D eigenvalue weighted by molar-refractivity contribution is 0.0600. The summed E-state index contributed by atoms with van der Waals surface area (Å²) in [6.45, 7) is 0. The van der Waals surface area contributed by atoms with E-state index in [1.807, 2.05) is 34.6 Å². The monoisotopic (exact) mass is 276 g/mol. The number of carbonyl (C=O) groups is 1. The van der Waals surface area contributed by atoms with Crippen molar-refractivity contribution < 1.29 is 9.53 Å². The average molecular weight is 276 g/mol. The van der Waals surface area contributed by atoms with Gasteiger partial charge in [-0.3, -0.25) is 0 Å². The zero-order valence-electron chi connectivity index (χ0n) is 10.8. The van der Waals surface area contributed by atoms with E-state index in [0.29, 0.717) is 11.5 Å². The van der Waals surface area contributed by atoms with E-state index in [4.69, 9.17) is 4.74 Å². The van der Waals surface area contributed by atoms with E-state index in [-0.39, 0.29) is 5.97 Å². The number of esters is 1. The molecule has 0 saturated carbocycles. The van der Waals surface area contributed by atoms with E-state index in [1.165, 1.54) is 25.7 Å². The van der Waals surface area contributed by atoms with Gasteiger partial charge in [0.1, 0.15) is 5.82 Å². The molecule has 2 aromatic heterocycles. The molecule has 1 aliphatic rings. The minimum atomic E-state index is -0.306. The molecule has 0 aliphatic carbocycles. The molecule has 0 spiro atoms. The summed E-state index contributed by atoms with van der Waals surface area (Å²) in [5, 5.41) is 0. The van der Waals surface area contributed by atoms with Crippen molar-refractivity contribution in [1.82, 2.24) is 9.38 Å². The molecule has 1 aliphatic heterocycles. The maximum atomic E-state index is 11.6. The Kier molecular flexibility index (Phi) is 3.46. The van der Waals surface area contributed by atoms with Crippen LogP contribution in [0, 0.1) is 0 Å². The van der Waals surface area contributed by atoms with E-state index < -0.39 is 0 Å². The van der Waals surface area contributed by atoms with Crippen LogP contribution < -0.4 is 0 Å². The van der Waals surface area contributed by atoms with E-state index in [1.54, 1.807) is 6.07 Å². The van der Waals surface area contributed by atoms with Gasteiger partial charge in [0.15, 0.2) is 0 Å². The number of imidazole rings is 1. The van der Waals surface area contributed by atoms with Gasteiger partial charge in [-0.2, -0.15) is 11.8 Å². The molecule has 3 heterocycles. The Balaban J connectivity index is 2.02. The molecule has 2 aromatic rings. The minimum Gasteiger partial charge on any atom is -0.465 e. The van der Waals surface area contributed by atoms with Crippen LogP contribution in [0.1, 0.15) is 34.9 Å². The fourth-order valence-corrected chi connectivity index (χ4v) is 3.63. The Labute approximate surface area is 116 Å². The van der Waals surface area contributed by atoms with Crippen LogP contribution in [0.4, 0.5) is 0 Å². The van der Waals surface area contributed by atoms with Crippen molar-refractivity contribution in [2.45, 2.75) is 18.8 Å². The van der Waals surface area contributed by atoms with Crippen molar-refractivity contribution in [2.75, 3.05) is 18.6 Å².